The Labute approximate surface area is 198 Å². The molecule has 1 aliphatic carbocycles. The van der Waals surface area contributed by atoms with Crippen molar-refractivity contribution in [1.82, 2.24) is 14.9 Å². The van der Waals surface area contributed by atoms with E-state index in [-0.39, 0.29) is 49.8 Å². The van der Waals surface area contributed by atoms with Gasteiger partial charge in [-0.15, -0.1) is 11.3 Å². The van der Waals surface area contributed by atoms with Gasteiger partial charge < -0.3 is 19.4 Å². The quantitative estimate of drug-likeness (QED) is 0.441. The number of fused-ring (bicyclic) bond motifs is 3. The summed E-state index contributed by atoms with van der Waals surface area (Å²) >= 11 is 2.82. The highest BCUT2D eigenvalue weighted by atomic mass is 32.2. The highest BCUT2D eigenvalue weighted by molar-refractivity contribution is 8.04. The van der Waals surface area contributed by atoms with Crippen LogP contribution < -0.4 is 5.56 Å². The smallest absolute Gasteiger partial charge is 0.333 e. The van der Waals surface area contributed by atoms with Crippen LogP contribution in [-0.2, 0) is 43.1 Å². The van der Waals surface area contributed by atoms with Gasteiger partial charge in [-0.2, -0.15) is 0 Å². The predicted molar refractivity (Wildman–Crippen MR) is 125 cm³/mol. The number of aromatic nitrogens is 2. The monoisotopic (exact) mass is 491 g/mol. The molecule has 1 fully saturated rings. The molecule has 1 saturated heterocycles. The first-order valence-corrected chi connectivity index (χ1v) is 12.8. The van der Waals surface area contributed by atoms with E-state index in [9.17, 15) is 19.2 Å². The summed E-state index contributed by atoms with van der Waals surface area (Å²) in [7, 11) is 0. The second-order valence-corrected chi connectivity index (χ2v) is 9.77. The number of carbonyl (C=O) groups is 3. The molecule has 33 heavy (non-hydrogen) atoms. The number of rotatable bonds is 8. The third-order valence-corrected chi connectivity index (χ3v) is 7.67. The Kier molecular flexibility index (Phi) is 7.49. The standard InChI is InChI=1S/C22H25N3O6S2/c1-2-30-19(28)11-17-25(16(26)12-32-17)9-10-31-18(27)8-7-15-23-21(29)20-13-5-3-4-6-14(13)33-22(20)24-15/h11H,2-10,12H2,1H3,(H,23,24,29)/b17-11+. The van der Waals surface area contributed by atoms with Gasteiger partial charge in [0, 0.05) is 11.3 Å². The van der Waals surface area contributed by atoms with Crippen molar-refractivity contribution in [3.8, 4) is 0 Å². The van der Waals surface area contributed by atoms with E-state index in [1.165, 1.54) is 27.6 Å². The second kappa shape index (κ2) is 10.5. The highest BCUT2D eigenvalue weighted by Crippen LogP contribution is 2.33. The Bertz CT molecular complexity index is 1170. The van der Waals surface area contributed by atoms with Crippen LogP contribution in [0.5, 0.6) is 0 Å². The van der Waals surface area contributed by atoms with E-state index in [2.05, 4.69) is 9.97 Å². The minimum Gasteiger partial charge on any atom is -0.464 e. The van der Waals surface area contributed by atoms with Gasteiger partial charge in [0.1, 0.15) is 17.3 Å². The van der Waals surface area contributed by atoms with Crippen molar-refractivity contribution >= 4 is 51.2 Å². The van der Waals surface area contributed by atoms with Crippen LogP contribution in [0.2, 0.25) is 0 Å². The van der Waals surface area contributed by atoms with Crippen molar-refractivity contribution in [2.75, 3.05) is 25.5 Å². The van der Waals surface area contributed by atoms with Crippen LogP contribution in [0.3, 0.4) is 0 Å². The summed E-state index contributed by atoms with van der Waals surface area (Å²) in [6.45, 7) is 2.12. The lowest BCUT2D eigenvalue weighted by Gasteiger charge is -2.16. The SMILES string of the molecule is CCOC(=O)/C=C1/SCC(=O)N1CCOC(=O)CCc1nc2sc3c(c2c(=O)[nH]1)CCCC3. The molecular formula is C22H25N3O6S2. The maximum Gasteiger partial charge on any atom is 0.333 e. The molecule has 176 valence electrons. The summed E-state index contributed by atoms with van der Waals surface area (Å²) in [4.78, 5) is 59.3. The molecule has 2 aromatic heterocycles. The number of nitrogens with zero attached hydrogens (tertiary/aromatic N) is 2. The number of aryl methyl sites for hydroxylation is 3. The molecular weight excluding hydrogens is 466 g/mol. The maximum atomic E-state index is 12.6. The zero-order valence-corrected chi connectivity index (χ0v) is 19.9. The van der Waals surface area contributed by atoms with E-state index in [1.807, 2.05) is 0 Å². The van der Waals surface area contributed by atoms with E-state index < -0.39 is 11.9 Å². The van der Waals surface area contributed by atoms with Crippen LogP contribution >= 0.6 is 23.1 Å². The normalized spacial score (nSPS) is 16.9. The van der Waals surface area contributed by atoms with Gasteiger partial charge in [-0.05, 0) is 38.2 Å². The van der Waals surface area contributed by atoms with Crippen molar-refractivity contribution in [2.24, 2.45) is 0 Å². The fraction of sp³-hybridized carbons (Fsp3) is 0.500. The number of thioether (sulfide) groups is 1. The molecule has 0 spiro atoms. The second-order valence-electron chi connectivity index (χ2n) is 7.69. The average Bonchev–Trinajstić information content (AvgIpc) is 3.33. The molecule has 0 radical (unpaired) electrons. The highest BCUT2D eigenvalue weighted by Gasteiger charge is 2.27. The van der Waals surface area contributed by atoms with E-state index in [0.717, 1.165) is 36.1 Å². The molecule has 9 nitrogen and oxygen atoms in total. The molecule has 1 N–H and O–H groups in total. The molecule has 2 aromatic rings. The summed E-state index contributed by atoms with van der Waals surface area (Å²) in [6, 6.07) is 0. The first-order chi connectivity index (χ1) is 16.0. The number of carbonyl (C=O) groups excluding carboxylic acids is 3. The number of ether oxygens (including phenoxy) is 2. The summed E-state index contributed by atoms with van der Waals surface area (Å²) in [5.74, 6) is -0.415. The Balaban J connectivity index is 1.30. The number of esters is 2. The number of amides is 1. The van der Waals surface area contributed by atoms with Crippen LogP contribution in [0.25, 0.3) is 10.2 Å². The van der Waals surface area contributed by atoms with Gasteiger partial charge in [0.15, 0.2) is 0 Å². The Morgan fingerprint density at radius 2 is 2.03 bits per heavy atom. The van der Waals surface area contributed by atoms with Gasteiger partial charge in [0.2, 0.25) is 5.91 Å². The molecule has 0 saturated carbocycles. The first kappa shape index (κ1) is 23.5. The van der Waals surface area contributed by atoms with E-state index in [0.29, 0.717) is 16.2 Å². The first-order valence-electron chi connectivity index (χ1n) is 11.0. The van der Waals surface area contributed by atoms with Crippen LogP contribution in [0.15, 0.2) is 15.9 Å². The zero-order valence-electron chi connectivity index (χ0n) is 18.3. The van der Waals surface area contributed by atoms with Gasteiger partial charge in [0.25, 0.3) is 5.56 Å². The lowest BCUT2D eigenvalue weighted by atomic mass is 9.97. The maximum absolute atomic E-state index is 12.6. The molecule has 0 bridgehead atoms. The topological polar surface area (TPSA) is 119 Å². The van der Waals surface area contributed by atoms with Crippen molar-refractivity contribution < 1.29 is 23.9 Å². The van der Waals surface area contributed by atoms with E-state index in [1.54, 1.807) is 18.3 Å². The Morgan fingerprint density at radius 3 is 2.85 bits per heavy atom. The summed E-state index contributed by atoms with van der Waals surface area (Å²) in [5, 5.41) is 1.18. The summed E-state index contributed by atoms with van der Waals surface area (Å²) < 4.78 is 10.1. The number of hydrogen-bond acceptors (Lipinski definition) is 9. The van der Waals surface area contributed by atoms with Gasteiger partial charge in [-0.25, -0.2) is 9.78 Å². The van der Waals surface area contributed by atoms with Crippen LogP contribution in [0, 0.1) is 0 Å². The Hall–Kier alpha value is -2.66. The zero-order chi connectivity index (χ0) is 23.4. The predicted octanol–water partition coefficient (Wildman–Crippen LogP) is 2.32. The molecule has 0 unspecified atom stereocenters. The van der Waals surface area contributed by atoms with Crippen molar-refractivity contribution in [1.29, 1.82) is 0 Å². The molecule has 11 heteroatoms. The molecule has 4 rings (SSSR count). The lowest BCUT2D eigenvalue weighted by molar-refractivity contribution is -0.145. The molecule has 1 amide bonds. The van der Waals surface area contributed by atoms with Gasteiger partial charge in [-0.1, -0.05) is 11.8 Å². The van der Waals surface area contributed by atoms with E-state index in [4.69, 9.17) is 9.47 Å². The molecule has 0 atom stereocenters. The fourth-order valence-corrected chi connectivity index (χ4v) is 6.16. The van der Waals surface area contributed by atoms with E-state index >= 15 is 0 Å². The molecule has 0 aromatic carbocycles. The summed E-state index contributed by atoms with van der Waals surface area (Å²) in [6.07, 6.45) is 5.74. The fourth-order valence-electron chi connectivity index (χ4n) is 3.92. The lowest BCUT2D eigenvalue weighted by Crippen LogP contribution is -2.29. The molecule has 1 aliphatic heterocycles. The number of thiophene rings is 1. The molecule has 2 aliphatic rings. The third kappa shape index (κ3) is 5.47. The largest absolute Gasteiger partial charge is 0.464 e. The minimum atomic E-state index is -0.512. The number of aromatic amines is 1. The van der Waals surface area contributed by atoms with Crippen LogP contribution in [0.4, 0.5) is 0 Å². The van der Waals surface area contributed by atoms with Gasteiger partial charge in [0.05, 0.1) is 41.8 Å². The molecule has 3 heterocycles. The number of nitrogens with one attached hydrogen (secondary N) is 1. The average molecular weight is 492 g/mol. The number of H-pyrrole nitrogens is 1. The van der Waals surface area contributed by atoms with Crippen LogP contribution in [-0.4, -0.2) is 58.2 Å². The van der Waals surface area contributed by atoms with Crippen LogP contribution in [0.1, 0.15) is 42.5 Å². The summed E-state index contributed by atoms with van der Waals surface area (Å²) in [5.41, 5.74) is 0.987. The Morgan fingerprint density at radius 1 is 1.21 bits per heavy atom. The van der Waals surface area contributed by atoms with Gasteiger partial charge >= 0.3 is 11.9 Å². The van der Waals surface area contributed by atoms with Crippen molar-refractivity contribution in [3.63, 3.8) is 0 Å². The number of hydrogen-bond donors (Lipinski definition) is 1. The third-order valence-electron chi connectivity index (χ3n) is 5.46. The van der Waals surface area contributed by atoms with Crippen molar-refractivity contribution in [2.45, 2.75) is 45.4 Å². The van der Waals surface area contributed by atoms with Crippen molar-refractivity contribution in [3.05, 3.63) is 37.7 Å². The minimum absolute atomic E-state index is 0.00588. The van der Waals surface area contributed by atoms with Gasteiger partial charge in [-0.3, -0.25) is 14.4 Å².